The fourth-order valence-electron chi connectivity index (χ4n) is 2.39. The Morgan fingerprint density at radius 1 is 1.19 bits per heavy atom. The Kier molecular flexibility index (Phi) is 5.73. The van der Waals surface area contributed by atoms with Crippen molar-refractivity contribution in [3.8, 4) is 0 Å². The Morgan fingerprint density at radius 2 is 2.00 bits per heavy atom. The summed E-state index contributed by atoms with van der Waals surface area (Å²) in [6.45, 7) is 3.68. The Balaban J connectivity index is 1.80. The molecule has 1 aromatic heterocycles. The van der Waals surface area contributed by atoms with E-state index in [-0.39, 0.29) is 11.9 Å². The number of amides is 3. The molecule has 2 aromatic carbocycles. The highest BCUT2D eigenvalue weighted by molar-refractivity contribution is 7.22. The second kappa shape index (κ2) is 8.20. The van der Waals surface area contributed by atoms with E-state index in [1.165, 1.54) is 17.5 Å². The van der Waals surface area contributed by atoms with E-state index in [1.807, 2.05) is 19.1 Å². The van der Waals surface area contributed by atoms with Crippen molar-refractivity contribution < 1.29 is 9.59 Å². The van der Waals surface area contributed by atoms with E-state index < -0.39 is 0 Å². The first-order valence-electron chi connectivity index (χ1n) is 8.13. The molecule has 3 aromatic rings. The van der Waals surface area contributed by atoms with Crippen LogP contribution in [0.1, 0.15) is 22.8 Å². The Labute approximate surface area is 165 Å². The summed E-state index contributed by atoms with van der Waals surface area (Å²) in [5.74, 6) is -0.262. The van der Waals surface area contributed by atoms with Crippen LogP contribution in [0.4, 0.5) is 15.6 Å². The first-order chi connectivity index (χ1) is 13.0. The lowest BCUT2D eigenvalue weighted by Crippen LogP contribution is -2.23. The highest BCUT2D eigenvalue weighted by Gasteiger charge is 2.13. The van der Waals surface area contributed by atoms with Crippen molar-refractivity contribution in [2.75, 3.05) is 10.6 Å². The van der Waals surface area contributed by atoms with Crippen LogP contribution in [-0.2, 0) is 0 Å². The number of urea groups is 1. The highest BCUT2D eigenvalue weighted by atomic mass is 35.5. The fraction of sp³-hybridized carbons (Fsp3) is 0.105. The van der Waals surface area contributed by atoms with Gasteiger partial charge in [0.25, 0.3) is 5.91 Å². The number of anilines is 2. The lowest BCUT2D eigenvalue weighted by Gasteiger charge is -2.10. The number of carbonyl (C=O) groups excluding carboxylic acids is 2. The van der Waals surface area contributed by atoms with Crippen molar-refractivity contribution in [3.05, 3.63) is 64.8 Å². The molecule has 0 radical (unpaired) electrons. The Morgan fingerprint density at radius 3 is 2.74 bits per heavy atom. The number of aromatic nitrogens is 1. The minimum atomic E-state index is -0.376. The van der Waals surface area contributed by atoms with Gasteiger partial charge in [-0.1, -0.05) is 41.1 Å². The van der Waals surface area contributed by atoms with E-state index in [2.05, 4.69) is 20.9 Å². The molecule has 0 aliphatic carbocycles. The van der Waals surface area contributed by atoms with Crippen molar-refractivity contribution in [2.45, 2.75) is 13.8 Å². The number of halogens is 1. The second-order valence-electron chi connectivity index (χ2n) is 5.69. The third kappa shape index (κ3) is 4.45. The summed E-state index contributed by atoms with van der Waals surface area (Å²) in [6.07, 6.45) is 3.24. The summed E-state index contributed by atoms with van der Waals surface area (Å²) in [7, 11) is 0. The number of nitrogens with one attached hydrogen (secondary N) is 3. The standard InChI is InChI=1S/C19H17ClN4O2S/c1-3-9-21-18(26)24-19-22-14-8-7-12(10-15(14)27-19)17(25)23-16-11(2)5-4-6-13(16)20/h3-10H,1-2H3,(H,23,25)(H2,21,22,24,26). The van der Waals surface area contributed by atoms with Crippen LogP contribution in [0, 0.1) is 6.92 Å². The Hall–Kier alpha value is -2.90. The minimum Gasteiger partial charge on any atom is -0.320 e. The molecule has 0 aliphatic heterocycles. The number of thiazole rings is 1. The number of fused-ring (bicyclic) bond motifs is 1. The van der Waals surface area contributed by atoms with Gasteiger partial charge < -0.3 is 10.6 Å². The van der Waals surface area contributed by atoms with Crippen LogP contribution in [-0.4, -0.2) is 16.9 Å². The van der Waals surface area contributed by atoms with Gasteiger partial charge in [0.05, 0.1) is 20.9 Å². The van der Waals surface area contributed by atoms with E-state index in [4.69, 9.17) is 11.6 Å². The van der Waals surface area contributed by atoms with Gasteiger partial charge in [0.15, 0.2) is 5.13 Å². The van der Waals surface area contributed by atoms with Crippen molar-refractivity contribution in [2.24, 2.45) is 0 Å². The van der Waals surface area contributed by atoms with Crippen LogP contribution in [0.5, 0.6) is 0 Å². The van der Waals surface area contributed by atoms with Crippen molar-refractivity contribution in [3.63, 3.8) is 0 Å². The predicted octanol–water partition coefficient (Wildman–Crippen LogP) is 5.17. The van der Waals surface area contributed by atoms with Crippen LogP contribution in [0.3, 0.4) is 0 Å². The summed E-state index contributed by atoms with van der Waals surface area (Å²) in [5, 5.41) is 8.99. The smallest absolute Gasteiger partial charge is 0.320 e. The second-order valence-corrected chi connectivity index (χ2v) is 7.12. The van der Waals surface area contributed by atoms with Gasteiger partial charge >= 0.3 is 6.03 Å². The quantitative estimate of drug-likeness (QED) is 0.565. The Bertz CT molecular complexity index is 1030. The molecule has 0 saturated carbocycles. The third-order valence-corrected chi connectivity index (χ3v) is 4.96. The zero-order chi connectivity index (χ0) is 19.4. The van der Waals surface area contributed by atoms with Gasteiger partial charge in [0.1, 0.15) is 0 Å². The van der Waals surface area contributed by atoms with Gasteiger partial charge in [-0.2, -0.15) is 0 Å². The molecule has 0 atom stereocenters. The maximum Gasteiger partial charge on any atom is 0.324 e. The van der Waals surface area contributed by atoms with Crippen LogP contribution in [0.2, 0.25) is 5.02 Å². The normalized spacial score (nSPS) is 10.9. The number of carbonyl (C=O) groups is 2. The fourth-order valence-corrected chi connectivity index (χ4v) is 3.56. The molecule has 0 unspecified atom stereocenters. The molecule has 27 heavy (non-hydrogen) atoms. The SMILES string of the molecule is CC=CNC(=O)Nc1nc2ccc(C(=O)Nc3c(C)cccc3Cl)cc2s1. The molecule has 3 N–H and O–H groups in total. The molecular formula is C19H17ClN4O2S. The molecule has 1 heterocycles. The summed E-state index contributed by atoms with van der Waals surface area (Å²) in [6, 6.07) is 10.2. The number of allylic oxidation sites excluding steroid dienone is 1. The first kappa shape index (κ1) is 18.9. The average Bonchev–Trinajstić information content (AvgIpc) is 3.04. The van der Waals surface area contributed by atoms with Crippen LogP contribution in [0.15, 0.2) is 48.7 Å². The molecular weight excluding hydrogens is 384 g/mol. The third-order valence-electron chi connectivity index (χ3n) is 3.71. The summed E-state index contributed by atoms with van der Waals surface area (Å²) < 4.78 is 0.792. The average molecular weight is 401 g/mol. The molecule has 0 spiro atoms. The number of para-hydroxylation sites is 1. The van der Waals surface area contributed by atoms with Gasteiger partial charge in [0, 0.05) is 11.8 Å². The number of hydrogen-bond acceptors (Lipinski definition) is 4. The zero-order valence-corrected chi connectivity index (χ0v) is 16.2. The predicted molar refractivity (Wildman–Crippen MR) is 111 cm³/mol. The molecule has 0 aliphatic rings. The van der Waals surface area contributed by atoms with Crippen LogP contribution >= 0.6 is 22.9 Å². The van der Waals surface area contributed by atoms with Gasteiger partial charge in [-0.25, -0.2) is 9.78 Å². The highest BCUT2D eigenvalue weighted by Crippen LogP contribution is 2.29. The van der Waals surface area contributed by atoms with Crippen LogP contribution < -0.4 is 16.0 Å². The molecule has 8 heteroatoms. The van der Waals surface area contributed by atoms with Gasteiger partial charge in [-0.3, -0.25) is 10.1 Å². The number of rotatable bonds is 4. The van der Waals surface area contributed by atoms with E-state index in [9.17, 15) is 9.59 Å². The number of benzene rings is 2. The van der Waals surface area contributed by atoms with Crippen LogP contribution in [0.25, 0.3) is 10.2 Å². The lowest BCUT2D eigenvalue weighted by atomic mass is 10.1. The van der Waals surface area contributed by atoms with E-state index >= 15 is 0 Å². The lowest BCUT2D eigenvalue weighted by molar-refractivity contribution is 0.102. The molecule has 3 amide bonds. The monoisotopic (exact) mass is 400 g/mol. The number of hydrogen-bond donors (Lipinski definition) is 3. The first-order valence-corrected chi connectivity index (χ1v) is 9.33. The molecule has 0 saturated heterocycles. The van der Waals surface area contributed by atoms with Crippen molar-refractivity contribution in [1.82, 2.24) is 10.3 Å². The van der Waals surface area contributed by atoms with Gasteiger partial charge in [-0.15, -0.1) is 0 Å². The maximum absolute atomic E-state index is 12.6. The van der Waals surface area contributed by atoms with Crippen molar-refractivity contribution in [1.29, 1.82) is 0 Å². The minimum absolute atomic E-state index is 0.262. The maximum atomic E-state index is 12.6. The molecule has 0 bridgehead atoms. The van der Waals surface area contributed by atoms with E-state index in [0.717, 1.165) is 10.3 Å². The molecule has 138 valence electrons. The largest absolute Gasteiger partial charge is 0.324 e. The summed E-state index contributed by atoms with van der Waals surface area (Å²) >= 11 is 7.46. The molecule has 3 rings (SSSR count). The molecule has 0 fully saturated rings. The van der Waals surface area contributed by atoms with Gasteiger partial charge in [0.2, 0.25) is 0 Å². The van der Waals surface area contributed by atoms with Gasteiger partial charge in [-0.05, 0) is 43.7 Å². The summed E-state index contributed by atoms with van der Waals surface area (Å²) in [4.78, 5) is 28.6. The topological polar surface area (TPSA) is 83.1 Å². The molecule has 6 nitrogen and oxygen atoms in total. The van der Waals surface area contributed by atoms with Crippen molar-refractivity contribution >= 4 is 55.9 Å². The van der Waals surface area contributed by atoms with E-state index in [0.29, 0.717) is 26.9 Å². The van der Waals surface area contributed by atoms with E-state index in [1.54, 1.807) is 37.3 Å². The number of aryl methyl sites for hydroxylation is 1. The zero-order valence-electron chi connectivity index (χ0n) is 14.7. The number of nitrogens with zero attached hydrogens (tertiary/aromatic N) is 1. The summed E-state index contributed by atoms with van der Waals surface area (Å²) in [5.41, 5.74) is 2.66.